The monoisotopic (exact) mass is 302 g/mol. The van der Waals surface area contributed by atoms with Crippen molar-refractivity contribution in [3.63, 3.8) is 0 Å². The number of hydrogen-bond acceptors (Lipinski definition) is 7. The first-order valence-corrected chi connectivity index (χ1v) is 8.76. The summed E-state index contributed by atoms with van der Waals surface area (Å²) in [5.74, 6) is 0.794. The zero-order valence-electron chi connectivity index (χ0n) is 11.9. The average Bonchev–Trinajstić information content (AvgIpc) is 3.00. The van der Waals surface area contributed by atoms with E-state index in [-0.39, 0.29) is 23.1 Å². The Hall–Kier alpha value is -1.15. The van der Waals surface area contributed by atoms with Gasteiger partial charge in [0.15, 0.2) is 9.84 Å². The first-order chi connectivity index (χ1) is 9.53. The number of nitrogens with one attached hydrogen (secondary N) is 2. The van der Waals surface area contributed by atoms with Gasteiger partial charge in [0, 0.05) is 6.54 Å². The third kappa shape index (κ3) is 3.69. The Labute approximate surface area is 119 Å². The van der Waals surface area contributed by atoms with E-state index in [4.69, 9.17) is 4.42 Å². The van der Waals surface area contributed by atoms with Crippen molar-refractivity contribution in [1.82, 2.24) is 15.5 Å². The van der Waals surface area contributed by atoms with Gasteiger partial charge in [-0.25, -0.2) is 8.42 Å². The molecule has 1 fully saturated rings. The molecule has 2 unspecified atom stereocenters. The highest BCUT2D eigenvalue weighted by Gasteiger charge is 2.31. The maximum Gasteiger partial charge on any atom is 0.315 e. The van der Waals surface area contributed by atoms with Gasteiger partial charge in [0.2, 0.25) is 5.89 Å². The Bertz CT molecular complexity index is 529. The largest absolute Gasteiger partial charge is 0.406 e. The molecule has 0 saturated carbocycles. The predicted octanol–water partition coefficient (Wildman–Crippen LogP) is 1.12. The second-order valence-corrected chi connectivity index (χ2v) is 7.53. The van der Waals surface area contributed by atoms with Crippen LogP contribution in [0.3, 0.4) is 0 Å². The molecule has 2 rings (SSSR count). The molecule has 0 radical (unpaired) electrons. The molecule has 20 heavy (non-hydrogen) atoms. The zero-order chi connectivity index (χ0) is 14.6. The highest BCUT2D eigenvalue weighted by atomic mass is 32.2. The van der Waals surface area contributed by atoms with E-state index in [9.17, 15) is 8.42 Å². The van der Waals surface area contributed by atoms with E-state index >= 15 is 0 Å². The van der Waals surface area contributed by atoms with Gasteiger partial charge < -0.3 is 15.1 Å². The third-order valence-electron chi connectivity index (χ3n) is 3.46. The van der Waals surface area contributed by atoms with Crippen LogP contribution in [0.15, 0.2) is 4.42 Å². The van der Waals surface area contributed by atoms with Gasteiger partial charge in [0.05, 0.1) is 17.0 Å². The Kier molecular flexibility index (Phi) is 4.98. The van der Waals surface area contributed by atoms with Crippen LogP contribution in [0.1, 0.15) is 45.0 Å². The van der Waals surface area contributed by atoms with Crippen LogP contribution in [0.4, 0.5) is 6.01 Å². The first kappa shape index (κ1) is 15.2. The Morgan fingerprint density at radius 2 is 2.25 bits per heavy atom. The van der Waals surface area contributed by atoms with Crippen LogP contribution in [-0.2, 0) is 9.84 Å². The summed E-state index contributed by atoms with van der Waals surface area (Å²) in [4.78, 5) is 0. The predicted molar refractivity (Wildman–Crippen MR) is 76.3 cm³/mol. The quantitative estimate of drug-likeness (QED) is 0.779. The van der Waals surface area contributed by atoms with Gasteiger partial charge in [0.1, 0.15) is 0 Å². The van der Waals surface area contributed by atoms with Crippen molar-refractivity contribution in [2.24, 2.45) is 0 Å². The minimum Gasteiger partial charge on any atom is -0.406 e. The minimum atomic E-state index is -2.94. The maximum absolute atomic E-state index is 11.7. The summed E-state index contributed by atoms with van der Waals surface area (Å²) in [5, 5.41) is 13.7. The molecule has 0 spiro atoms. The van der Waals surface area contributed by atoms with Gasteiger partial charge in [-0.2, -0.15) is 0 Å². The van der Waals surface area contributed by atoms with Crippen LogP contribution in [0.25, 0.3) is 0 Å². The zero-order valence-corrected chi connectivity index (χ0v) is 12.7. The third-order valence-corrected chi connectivity index (χ3v) is 5.73. The number of aromatic nitrogens is 2. The molecule has 0 aromatic carbocycles. The van der Waals surface area contributed by atoms with Gasteiger partial charge >= 0.3 is 6.01 Å². The smallest absolute Gasteiger partial charge is 0.315 e. The molecule has 1 aliphatic rings. The normalized spacial score (nSPS) is 22.8. The molecule has 114 valence electrons. The van der Waals surface area contributed by atoms with Crippen molar-refractivity contribution < 1.29 is 12.8 Å². The van der Waals surface area contributed by atoms with E-state index in [0.717, 1.165) is 19.4 Å². The van der Waals surface area contributed by atoms with Crippen molar-refractivity contribution in [2.45, 2.75) is 44.4 Å². The van der Waals surface area contributed by atoms with Crippen LogP contribution in [0.5, 0.6) is 0 Å². The van der Waals surface area contributed by atoms with Gasteiger partial charge in [-0.15, -0.1) is 5.10 Å². The highest BCUT2D eigenvalue weighted by Crippen LogP contribution is 2.21. The second-order valence-electron chi connectivity index (χ2n) is 5.13. The van der Waals surface area contributed by atoms with E-state index in [1.54, 1.807) is 0 Å². The summed E-state index contributed by atoms with van der Waals surface area (Å²) in [6, 6.07) is 0.278. The highest BCUT2D eigenvalue weighted by molar-refractivity contribution is 7.92. The minimum absolute atomic E-state index is 0.00628. The van der Waals surface area contributed by atoms with Crippen LogP contribution in [0.2, 0.25) is 0 Å². The van der Waals surface area contributed by atoms with Crippen molar-refractivity contribution in [2.75, 3.05) is 24.2 Å². The lowest BCUT2D eigenvalue weighted by atomic mass is 10.2. The summed E-state index contributed by atoms with van der Waals surface area (Å²) in [6.45, 7) is 5.25. The fraction of sp³-hybridized carbons (Fsp3) is 0.833. The molecule has 7 nitrogen and oxygen atoms in total. The Morgan fingerprint density at radius 3 is 2.90 bits per heavy atom. The van der Waals surface area contributed by atoms with E-state index in [1.165, 1.54) is 0 Å². The van der Waals surface area contributed by atoms with Gasteiger partial charge in [0.25, 0.3) is 0 Å². The molecule has 2 heterocycles. The topological polar surface area (TPSA) is 97.1 Å². The van der Waals surface area contributed by atoms with Gasteiger partial charge in [-0.05, 0) is 32.7 Å². The van der Waals surface area contributed by atoms with Crippen molar-refractivity contribution >= 4 is 15.9 Å². The molecular formula is C12H22N4O3S. The van der Waals surface area contributed by atoms with Crippen LogP contribution in [-0.4, -0.2) is 42.7 Å². The number of nitrogens with zero attached hydrogens (tertiary/aromatic N) is 2. The van der Waals surface area contributed by atoms with Crippen LogP contribution < -0.4 is 10.6 Å². The van der Waals surface area contributed by atoms with Gasteiger partial charge in [-0.3, -0.25) is 0 Å². The molecule has 1 aromatic heterocycles. The second kappa shape index (κ2) is 6.53. The molecular weight excluding hydrogens is 280 g/mol. The van der Waals surface area contributed by atoms with Crippen molar-refractivity contribution in [3.05, 3.63) is 5.89 Å². The van der Waals surface area contributed by atoms with Crippen molar-refractivity contribution in [1.29, 1.82) is 0 Å². The summed E-state index contributed by atoms with van der Waals surface area (Å²) in [6.07, 6.45) is 2.47. The molecule has 2 atom stereocenters. The molecule has 0 amide bonds. The van der Waals surface area contributed by atoms with Crippen molar-refractivity contribution in [3.8, 4) is 0 Å². The van der Waals surface area contributed by atoms with E-state index in [2.05, 4.69) is 27.8 Å². The van der Waals surface area contributed by atoms with E-state index in [1.807, 2.05) is 6.92 Å². The van der Waals surface area contributed by atoms with Crippen LogP contribution >= 0.6 is 0 Å². The molecule has 1 aliphatic heterocycles. The van der Waals surface area contributed by atoms with E-state index in [0.29, 0.717) is 18.9 Å². The molecule has 8 heteroatoms. The first-order valence-electron chi connectivity index (χ1n) is 7.05. The maximum atomic E-state index is 11.7. The van der Waals surface area contributed by atoms with E-state index < -0.39 is 9.84 Å². The SMILES string of the molecule is CCCNC(C)c1nnc(NCC2CCCS2(=O)=O)o1. The summed E-state index contributed by atoms with van der Waals surface area (Å²) in [7, 11) is -2.94. The average molecular weight is 302 g/mol. The summed E-state index contributed by atoms with van der Waals surface area (Å²) in [5.41, 5.74) is 0. The Morgan fingerprint density at radius 1 is 1.45 bits per heavy atom. The molecule has 2 N–H and O–H groups in total. The van der Waals surface area contributed by atoms with Gasteiger partial charge in [-0.1, -0.05) is 12.0 Å². The molecule has 0 aliphatic carbocycles. The standard InChI is InChI=1S/C12H22N4O3S/c1-3-6-13-9(2)11-15-16-12(19-11)14-8-10-5-4-7-20(10,17)18/h9-10,13H,3-8H2,1-2H3,(H,14,16). The fourth-order valence-electron chi connectivity index (χ4n) is 2.22. The Balaban J connectivity index is 1.87. The number of rotatable bonds is 7. The lowest BCUT2D eigenvalue weighted by Crippen LogP contribution is -2.25. The lowest BCUT2D eigenvalue weighted by molar-refractivity contribution is 0.423. The molecule has 1 aromatic rings. The fourth-order valence-corrected chi connectivity index (χ4v) is 3.98. The number of sulfone groups is 1. The summed E-state index contributed by atoms with van der Waals surface area (Å²) < 4.78 is 28.9. The molecule has 1 saturated heterocycles. The van der Waals surface area contributed by atoms with Crippen LogP contribution in [0, 0.1) is 0 Å². The summed E-state index contributed by atoms with van der Waals surface area (Å²) >= 11 is 0. The number of anilines is 1. The lowest BCUT2D eigenvalue weighted by Gasteiger charge is -2.09. The number of hydrogen-bond donors (Lipinski definition) is 2. The molecule has 0 bridgehead atoms.